The number of nitrogens with zero attached hydrogens (tertiary/aromatic N) is 2. The molecule has 3 aromatic rings. The minimum absolute atomic E-state index is 0.137. The van der Waals surface area contributed by atoms with Gasteiger partial charge in [-0.25, -0.2) is 4.68 Å². The highest BCUT2D eigenvalue weighted by Crippen LogP contribution is 2.16. The van der Waals surface area contributed by atoms with Gasteiger partial charge < -0.3 is 10.1 Å². The Hall–Kier alpha value is -3.12. The second-order valence-electron chi connectivity index (χ2n) is 5.14. The van der Waals surface area contributed by atoms with Gasteiger partial charge in [-0.1, -0.05) is 11.6 Å². The normalized spacial score (nSPS) is 10.3. The Kier molecular flexibility index (Phi) is 4.81. The topological polar surface area (TPSA) is 73.2 Å². The molecule has 0 atom stereocenters. The average Bonchev–Trinajstić information content (AvgIpc) is 3.13. The van der Waals surface area contributed by atoms with E-state index < -0.39 is 5.91 Å². The lowest BCUT2D eigenvalue weighted by Gasteiger charge is -2.04. The maximum Gasteiger partial charge on any atom is 0.278 e. The molecule has 0 aliphatic rings. The number of rotatable bonds is 4. The van der Waals surface area contributed by atoms with E-state index in [9.17, 15) is 9.59 Å². The molecule has 126 valence electrons. The van der Waals surface area contributed by atoms with E-state index in [0.29, 0.717) is 22.0 Å². The summed E-state index contributed by atoms with van der Waals surface area (Å²) in [5.74, 6) is -0.0659. The summed E-state index contributed by atoms with van der Waals surface area (Å²) in [5, 5.41) is 7.28. The van der Waals surface area contributed by atoms with Crippen LogP contribution in [-0.2, 0) is 0 Å². The molecule has 0 radical (unpaired) electrons. The first-order chi connectivity index (χ1) is 12.1. The minimum Gasteiger partial charge on any atom is -0.497 e. The van der Waals surface area contributed by atoms with Crippen LogP contribution in [0.5, 0.6) is 5.75 Å². The Balaban J connectivity index is 1.72. The monoisotopic (exact) mass is 355 g/mol. The van der Waals surface area contributed by atoms with Crippen molar-refractivity contribution >= 4 is 29.1 Å². The molecule has 0 unspecified atom stereocenters. The fourth-order valence-electron chi connectivity index (χ4n) is 2.15. The van der Waals surface area contributed by atoms with E-state index in [4.69, 9.17) is 16.3 Å². The molecule has 0 aliphatic carbocycles. The molecule has 7 heteroatoms. The summed E-state index contributed by atoms with van der Waals surface area (Å²) in [6, 6.07) is 14.8. The molecule has 1 heterocycles. The second kappa shape index (κ2) is 7.19. The number of carbonyl (C=O) groups excluding carboxylic acids is 2. The molecule has 1 N–H and O–H groups in total. The number of methoxy groups -OCH3 is 1. The van der Waals surface area contributed by atoms with Crippen LogP contribution < -0.4 is 10.1 Å². The third-order valence-corrected chi connectivity index (χ3v) is 3.72. The third-order valence-electron chi connectivity index (χ3n) is 3.47. The van der Waals surface area contributed by atoms with Crippen LogP contribution in [-0.4, -0.2) is 28.7 Å². The second-order valence-corrected chi connectivity index (χ2v) is 5.58. The zero-order valence-corrected chi connectivity index (χ0v) is 14.0. The molecule has 0 aliphatic heterocycles. The summed E-state index contributed by atoms with van der Waals surface area (Å²) < 4.78 is 6.18. The third kappa shape index (κ3) is 3.87. The van der Waals surface area contributed by atoms with E-state index >= 15 is 0 Å². The first-order valence-electron chi connectivity index (χ1n) is 7.38. The summed E-state index contributed by atoms with van der Waals surface area (Å²) in [6.45, 7) is 0. The van der Waals surface area contributed by atoms with Gasteiger partial charge in [-0.3, -0.25) is 9.59 Å². The molecule has 0 bridgehead atoms. The lowest BCUT2D eigenvalue weighted by Crippen LogP contribution is -2.16. The van der Waals surface area contributed by atoms with Crippen molar-refractivity contribution < 1.29 is 14.3 Å². The van der Waals surface area contributed by atoms with Gasteiger partial charge in [0.25, 0.3) is 11.8 Å². The van der Waals surface area contributed by atoms with E-state index in [1.807, 2.05) is 0 Å². The quantitative estimate of drug-likeness (QED) is 0.777. The SMILES string of the molecule is COc1ccc(NC(=O)c2ccn(C(=O)c3ccc(Cl)cc3)n2)cc1. The molecule has 2 aromatic carbocycles. The summed E-state index contributed by atoms with van der Waals surface area (Å²) in [7, 11) is 1.57. The average molecular weight is 356 g/mol. The number of hydrogen-bond acceptors (Lipinski definition) is 4. The summed E-state index contributed by atoms with van der Waals surface area (Å²) in [6.07, 6.45) is 1.44. The van der Waals surface area contributed by atoms with Gasteiger partial charge in [0.1, 0.15) is 5.75 Å². The number of anilines is 1. The fraction of sp³-hybridized carbons (Fsp3) is 0.0556. The highest BCUT2D eigenvalue weighted by Gasteiger charge is 2.14. The van der Waals surface area contributed by atoms with Crippen LogP contribution in [0.4, 0.5) is 5.69 Å². The van der Waals surface area contributed by atoms with Crippen molar-refractivity contribution in [3.05, 3.63) is 77.1 Å². The van der Waals surface area contributed by atoms with Crippen molar-refractivity contribution in [2.75, 3.05) is 12.4 Å². The van der Waals surface area contributed by atoms with Gasteiger partial charge in [0.05, 0.1) is 7.11 Å². The van der Waals surface area contributed by atoms with Crippen LogP contribution in [0.25, 0.3) is 0 Å². The maximum absolute atomic E-state index is 12.3. The highest BCUT2D eigenvalue weighted by molar-refractivity contribution is 6.30. The smallest absolute Gasteiger partial charge is 0.278 e. The Morgan fingerprint density at radius 1 is 1.04 bits per heavy atom. The Morgan fingerprint density at radius 2 is 1.72 bits per heavy atom. The molecular formula is C18H14ClN3O3. The van der Waals surface area contributed by atoms with Crippen molar-refractivity contribution in [3.8, 4) is 5.75 Å². The van der Waals surface area contributed by atoms with E-state index in [1.54, 1.807) is 55.6 Å². The highest BCUT2D eigenvalue weighted by atomic mass is 35.5. The molecule has 0 saturated heterocycles. The van der Waals surface area contributed by atoms with Gasteiger partial charge >= 0.3 is 0 Å². The Morgan fingerprint density at radius 3 is 2.36 bits per heavy atom. The van der Waals surface area contributed by atoms with Crippen LogP contribution in [0, 0.1) is 0 Å². The zero-order valence-electron chi connectivity index (χ0n) is 13.3. The predicted octanol–water partition coefficient (Wildman–Crippen LogP) is 3.49. The van der Waals surface area contributed by atoms with E-state index in [1.165, 1.54) is 12.3 Å². The molecule has 25 heavy (non-hydrogen) atoms. The van der Waals surface area contributed by atoms with Crippen molar-refractivity contribution in [1.29, 1.82) is 0 Å². The fourth-order valence-corrected chi connectivity index (χ4v) is 2.28. The van der Waals surface area contributed by atoms with Gasteiger partial charge in [0.15, 0.2) is 5.69 Å². The van der Waals surface area contributed by atoms with E-state index in [2.05, 4.69) is 10.4 Å². The van der Waals surface area contributed by atoms with Gasteiger partial charge in [0, 0.05) is 22.5 Å². The number of carbonyl (C=O) groups is 2. The number of hydrogen-bond donors (Lipinski definition) is 1. The summed E-state index contributed by atoms with van der Waals surface area (Å²) in [5.41, 5.74) is 1.16. The van der Waals surface area contributed by atoms with Crippen molar-refractivity contribution in [3.63, 3.8) is 0 Å². The van der Waals surface area contributed by atoms with Gasteiger partial charge in [-0.2, -0.15) is 5.10 Å². The Bertz CT molecular complexity index is 902. The van der Waals surface area contributed by atoms with Crippen molar-refractivity contribution in [1.82, 2.24) is 9.78 Å². The minimum atomic E-state index is -0.409. The van der Waals surface area contributed by atoms with Gasteiger partial charge in [-0.15, -0.1) is 0 Å². The maximum atomic E-state index is 12.3. The lowest BCUT2D eigenvalue weighted by atomic mass is 10.2. The lowest BCUT2D eigenvalue weighted by molar-refractivity contribution is 0.0944. The first-order valence-corrected chi connectivity index (χ1v) is 7.76. The molecule has 0 saturated carbocycles. The van der Waals surface area contributed by atoms with E-state index in [-0.39, 0.29) is 11.6 Å². The number of amides is 1. The Labute approximate surface area is 149 Å². The van der Waals surface area contributed by atoms with Crippen LogP contribution in [0.1, 0.15) is 20.8 Å². The van der Waals surface area contributed by atoms with Crippen molar-refractivity contribution in [2.24, 2.45) is 0 Å². The molecule has 1 amide bonds. The first kappa shape index (κ1) is 16.7. The predicted molar refractivity (Wildman–Crippen MR) is 94.4 cm³/mol. The summed E-state index contributed by atoms with van der Waals surface area (Å²) in [4.78, 5) is 24.6. The van der Waals surface area contributed by atoms with Gasteiger partial charge in [0.2, 0.25) is 0 Å². The largest absolute Gasteiger partial charge is 0.497 e. The molecule has 6 nitrogen and oxygen atoms in total. The van der Waals surface area contributed by atoms with Gasteiger partial charge in [-0.05, 0) is 54.6 Å². The van der Waals surface area contributed by atoms with Crippen LogP contribution in [0.3, 0.4) is 0 Å². The number of nitrogens with one attached hydrogen (secondary N) is 1. The summed E-state index contributed by atoms with van der Waals surface area (Å²) >= 11 is 5.81. The molecular weight excluding hydrogens is 342 g/mol. The number of benzene rings is 2. The molecule has 1 aromatic heterocycles. The molecule has 0 spiro atoms. The van der Waals surface area contributed by atoms with Crippen LogP contribution >= 0.6 is 11.6 Å². The van der Waals surface area contributed by atoms with E-state index in [0.717, 1.165) is 4.68 Å². The zero-order chi connectivity index (χ0) is 17.8. The number of halogens is 1. The number of aromatic nitrogens is 2. The van der Waals surface area contributed by atoms with Crippen LogP contribution in [0.2, 0.25) is 5.02 Å². The molecule has 0 fully saturated rings. The van der Waals surface area contributed by atoms with Crippen molar-refractivity contribution in [2.45, 2.75) is 0 Å². The molecule has 3 rings (SSSR count). The standard InChI is InChI=1S/C18H14ClN3O3/c1-25-15-8-6-14(7-9-15)20-17(23)16-10-11-22(21-16)18(24)12-2-4-13(19)5-3-12/h2-11H,1H3,(H,20,23). The van der Waals surface area contributed by atoms with Crippen LogP contribution in [0.15, 0.2) is 60.8 Å². The number of ether oxygens (including phenoxy) is 1.